The molecule has 2 fully saturated rings. The quantitative estimate of drug-likeness (QED) is 0.303. The maximum atomic E-state index is 14.7. The largest absolute Gasteiger partial charge is 0.396 e. The summed E-state index contributed by atoms with van der Waals surface area (Å²) in [5.74, 6) is -2.14. The molecule has 4 heterocycles. The number of ether oxygens (including phenoxy) is 1. The Morgan fingerprint density at radius 1 is 0.822 bits per heavy atom. The lowest BCUT2D eigenvalue weighted by Crippen LogP contribution is -2.55. The van der Waals surface area contributed by atoms with E-state index in [0.717, 1.165) is 43.0 Å². The maximum Gasteiger partial charge on any atom is 0.253 e. The first-order chi connectivity index (χ1) is 21.9. The number of unbranched alkanes of at least 4 members (excludes halogenated alkanes) is 3. The number of anilines is 3. The van der Waals surface area contributed by atoms with E-state index < -0.39 is 29.6 Å². The van der Waals surface area contributed by atoms with Crippen LogP contribution in [0.1, 0.15) is 39.5 Å². The predicted molar refractivity (Wildman–Crippen MR) is 175 cm³/mol. The molecular formula is C36H44N4O5. The second-order valence-corrected chi connectivity index (χ2v) is 12.3. The van der Waals surface area contributed by atoms with Gasteiger partial charge in [-0.05, 0) is 63.1 Å². The first-order valence-electron chi connectivity index (χ1n) is 16.4. The molecule has 0 aromatic heterocycles. The van der Waals surface area contributed by atoms with Crippen LogP contribution in [0, 0.1) is 11.8 Å². The molecular weight excluding hydrogens is 568 g/mol. The van der Waals surface area contributed by atoms with Gasteiger partial charge in [-0.3, -0.25) is 14.4 Å². The Bertz CT molecular complexity index is 1440. The number of carbonyl (C=O) groups excluding carboxylic acids is 3. The van der Waals surface area contributed by atoms with Crippen LogP contribution in [0.4, 0.5) is 17.1 Å². The zero-order valence-electron chi connectivity index (χ0n) is 26.3. The van der Waals surface area contributed by atoms with E-state index in [4.69, 9.17) is 4.74 Å². The average molecular weight is 613 g/mol. The van der Waals surface area contributed by atoms with Crippen molar-refractivity contribution in [2.75, 3.05) is 54.0 Å². The third kappa shape index (κ3) is 5.46. The number of carbonyl (C=O) groups is 3. The van der Waals surface area contributed by atoms with Crippen molar-refractivity contribution in [1.29, 1.82) is 0 Å². The monoisotopic (exact) mass is 612 g/mol. The molecule has 2 aromatic rings. The van der Waals surface area contributed by atoms with Gasteiger partial charge in [0.2, 0.25) is 11.8 Å². The third-order valence-corrected chi connectivity index (χ3v) is 9.82. The average Bonchev–Trinajstić information content (AvgIpc) is 3.37. The van der Waals surface area contributed by atoms with Crippen LogP contribution >= 0.6 is 0 Å². The molecule has 0 radical (unpaired) electrons. The molecule has 238 valence electrons. The lowest BCUT2D eigenvalue weighted by molar-refractivity contribution is -0.140. The summed E-state index contributed by atoms with van der Waals surface area (Å²) in [5.41, 5.74) is 1.36. The smallest absolute Gasteiger partial charge is 0.253 e. The van der Waals surface area contributed by atoms with Crippen molar-refractivity contribution in [2.45, 2.75) is 57.3 Å². The minimum atomic E-state index is -1.26. The Kier molecular flexibility index (Phi) is 9.10. The highest BCUT2D eigenvalue weighted by Crippen LogP contribution is 2.54. The zero-order valence-corrected chi connectivity index (χ0v) is 26.3. The summed E-state index contributed by atoms with van der Waals surface area (Å²) in [6.45, 7) is 7.25. The van der Waals surface area contributed by atoms with E-state index in [1.807, 2.05) is 78.9 Å². The number of hydrogen-bond acceptors (Lipinski definition) is 6. The summed E-state index contributed by atoms with van der Waals surface area (Å²) < 4.78 is 6.80. The summed E-state index contributed by atoms with van der Waals surface area (Å²) in [4.78, 5) is 50.9. The van der Waals surface area contributed by atoms with E-state index in [1.54, 1.807) is 14.7 Å². The molecule has 9 heteroatoms. The first-order valence-corrected chi connectivity index (χ1v) is 16.4. The fourth-order valence-electron chi connectivity index (χ4n) is 7.63. The van der Waals surface area contributed by atoms with Crippen LogP contribution in [-0.4, -0.2) is 84.8 Å². The number of aliphatic hydroxyl groups is 1. The lowest BCUT2D eigenvalue weighted by atomic mass is 9.77. The van der Waals surface area contributed by atoms with E-state index in [9.17, 15) is 19.5 Å². The molecule has 0 saturated carbocycles. The minimum Gasteiger partial charge on any atom is -0.396 e. The Hall–Kier alpha value is -3.95. The summed E-state index contributed by atoms with van der Waals surface area (Å²) in [5, 5.41) is 9.24. The van der Waals surface area contributed by atoms with Gasteiger partial charge in [0, 0.05) is 56.4 Å². The van der Waals surface area contributed by atoms with Crippen molar-refractivity contribution in [3.8, 4) is 0 Å². The van der Waals surface area contributed by atoms with Crippen LogP contribution in [0.25, 0.3) is 0 Å². The van der Waals surface area contributed by atoms with Crippen LogP contribution in [0.15, 0.2) is 78.9 Å². The van der Waals surface area contributed by atoms with Crippen molar-refractivity contribution < 1.29 is 24.2 Å². The van der Waals surface area contributed by atoms with Gasteiger partial charge in [-0.1, -0.05) is 55.3 Å². The van der Waals surface area contributed by atoms with Crippen molar-refractivity contribution in [2.24, 2.45) is 11.8 Å². The Balaban J connectivity index is 1.36. The molecule has 4 aliphatic rings. The minimum absolute atomic E-state index is 0.131. The van der Waals surface area contributed by atoms with Gasteiger partial charge in [0.05, 0.1) is 17.9 Å². The summed E-state index contributed by atoms with van der Waals surface area (Å²) in [6.07, 6.45) is 10.1. The highest BCUT2D eigenvalue weighted by Gasteiger charge is 2.71. The highest BCUT2D eigenvalue weighted by molar-refractivity contribution is 6.07. The SMILES string of the molecule is CCN(CC)c1ccc(N2CC=C[C@]34O[C@@H]5C=CCN(c6ccccc6)C(=O)[C@@H]5[C@H]3C(=O)N(CCCCCCO)C4C2=O)cc1. The normalized spacial score (nSPS) is 27.4. The van der Waals surface area contributed by atoms with Gasteiger partial charge in [0.1, 0.15) is 11.6 Å². The highest BCUT2D eigenvalue weighted by atomic mass is 16.5. The molecule has 1 N–H and O–H groups in total. The molecule has 0 bridgehead atoms. The van der Waals surface area contributed by atoms with E-state index >= 15 is 0 Å². The van der Waals surface area contributed by atoms with Crippen molar-refractivity contribution >= 4 is 34.8 Å². The number of hydrogen-bond donors (Lipinski definition) is 1. The predicted octanol–water partition coefficient (Wildman–Crippen LogP) is 4.17. The second-order valence-electron chi connectivity index (χ2n) is 12.3. The maximum absolute atomic E-state index is 14.7. The lowest BCUT2D eigenvalue weighted by Gasteiger charge is -2.35. The van der Waals surface area contributed by atoms with E-state index in [1.165, 1.54) is 0 Å². The number of para-hydroxylation sites is 1. The number of benzene rings is 2. The Labute approximate surface area is 265 Å². The number of nitrogens with zero attached hydrogens (tertiary/aromatic N) is 4. The fourth-order valence-corrected chi connectivity index (χ4v) is 7.63. The molecule has 9 nitrogen and oxygen atoms in total. The van der Waals surface area contributed by atoms with Gasteiger partial charge in [0.25, 0.3) is 5.91 Å². The van der Waals surface area contributed by atoms with Gasteiger partial charge in [-0.25, -0.2) is 0 Å². The van der Waals surface area contributed by atoms with Gasteiger partial charge in [0.15, 0.2) is 0 Å². The van der Waals surface area contributed by atoms with Crippen LogP contribution in [0.5, 0.6) is 0 Å². The topological polar surface area (TPSA) is 93.6 Å². The van der Waals surface area contributed by atoms with Gasteiger partial charge < -0.3 is 29.4 Å². The standard InChI is InChI=1S/C36H44N4O5/c1-3-37(4-2)26-17-19-28(20-18-26)39-24-13-21-36-31(34(43)40(32(36)35(39)44)22-10-5-6-11-25-41)30-29(45-36)16-12-23-38(33(30)42)27-14-8-7-9-15-27/h7-9,12-21,29-32,41H,3-6,10-11,22-25H2,1-2H3/t29-,30+,31+,32?,36+/m1/s1. The number of fused-ring (bicyclic) bond motifs is 2. The molecule has 4 aliphatic heterocycles. The molecule has 1 spiro atoms. The van der Waals surface area contributed by atoms with Gasteiger partial charge in [-0.2, -0.15) is 0 Å². The van der Waals surface area contributed by atoms with Crippen LogP contribution in [-0.2, 0) is 19.1 Å². The van der Waals surface area contributed by atoms with E-state index in [0.29, 0.717) is 32.5 Å². The Morgan fingerprint density at radius 3 is 2.20 bits per heavy atom. The van der Waals surface area contributed by atoms with Gasteiger partial charge >= 0.3 is 0 Å². The van der Waals surface area contributed by atoms with Crippen molar-refractivity contribution in [3.05, 3.63) is 78.9 Å². The number of amides is 3. The Morgan fingerprint density at radius 2 is 1.49 bits per heavy atom. The van der Waals surface area contributed by atoms with E-state index in [-0.39, 0.29) is 24.3 Å². The third-order valence-electron chi connectivity index (χ3n) is 9.82. The number of likely N-dealkylation sites (tertiary alicyclic amines) is 1. The molecule has 3 amide bonds. The summed E-state index contributed by atoms with van der Waals surface area (Å²) >= 11 is 0. The molecule has 1 unspecified atom stereocenters. The molecule has 5 atom stereocenters. The van der Waals surface area contributed by atoms with Crippen LogP contribution < -0.4 is 14.7 Å². The van der Waals surface area contributed by atoms with Crippen molar-refractivity contribution in [1.82, 2.24) is 4.90 Å². The summed E-state index contributed by atoms with van der Waals surface area (Å²) in [6, 6.07) is 16.6. The molecule has 6 rings (SSSR count). The first kappa shape index (κ1) is 31.0. The molecule has 0 aliphatic carbocycles. The molecule has 2 saturated heterocycles. The number of rotatable bonds is 11. The number of aliphatic hydroxyl groups excluding tert-OH is 1. The fraction of sp³-hybridized carbons (Fsp3) is 0.472. The second kappa shape index (κ2) is 13.2. The zero-order chi connectivity index (χ0) is 31.6. The molecule has 2 aromatic carbocycles. The van der Waals surface area contributed by atoms with Gasteiger partial charge in [-0.15, -0.1) is 0 Å². The van der Waals surface area contributed by atoms with Crippen LogP contribution in [0.2, 0.25) is 0 Å². The summed E-state index contributed by atoms with van der Waals surface area (Å²) in [7, 11) is 0. The van der Waals surface area contributed by atoms with E-state index in [2.05, 4.69) is 18.7 Å². The van der Waals surface area contributed by atoms with Crippen molar-refractivity contribution in [3.63, 3.8) is 0 Å². The van der Waals surface area contributed by atoms with Crippen LogP contribution in [0.3, 0.4) is 0 Å². The molecule has 45 heavy (non-hydrogen) atoms.